The van der Waals surface area contributed by atoms with Gasteiger partial charge in [-0.2, -0.15) is 0 Å². The second-order valence-corrected chi connectivity index (χ2v) is 4.16. The van der Waals surface area contributed by atoms with Gasteiger partial charge in [-0.15, -0.1) is 0 Å². The maximum atomic E-state index is 5.87. The van der Waals surface area contributed by atoms with Crippen LogP contribution in [0.15, 0.2) is 12.5 Å². The molecule has 15 heavy (non-hydrogen) atoms. The largest absolute Gasteiger partial charge is 0.394 e. The summed E-state index contributed by atoms with van der Waals surface area (Å²) in [5.41, 5.74) is 6.56. The van der Waals surface area contributed by atoms with E-state index in [2.05, 4.69) is 21.8 Å². The monoisotopic (exact) mass is 206 g/mol. The zero-order valence-corrected chi connectivity index (χ0v) is 9.19. The SMILES string of the molecule is CCC1CCCN(c2ncncc2N)C1. The quantitative estimate of drug-likeness (QED) is 0.800. The lowest BCUT2D eigenvalue weighted by molar-refractivity contribution is 0.403. The lowest BCUT2D eigenvalue weighted by Gasteiger charge is -2.33. The highest BCUT2D eigenvalue weighted by atomic mass is 15.2. The number of nitrogens with two attached hydrogens (primary N) is 1. The first-order chi connectivity index (χ1) is 7.31. The fourth-order valence-electron chi connectivity index (χ4n) is 2.19. The Hall–Kier alpha value is -1.32. The van der Waals surface area contributed by atoms with E-state index in [1.54, 1.807) is 12.5 Å². The molecule has 1 aromatic heterocycles. The van der Waals surface area contributed by atoms with E-state index in [0.717, 1.165) is 24.8 Å². The first kappa shape index (κ1) is 10.2. The fourth-order valence-corrected chi connectivity index (χ4v) is 2.19. The van der Waals surface area contributed by atoms with Gasteiger partial charge in [-0.25, -0.2) is 9.97 Å². The van der Waals surface area contributed by atoms with Gasteiger partial charge >= 0.3 is 0 Å². The van der Waals surface area contributed by atoms with Crippen LogP contribution in [0, 0.1) is 5.92 Å². The topological polar surface area (TPSA) is 55.0 Å². The van der Waals surface area contributed by atoms with Gasteiger partial charge < -0.3 is 10.6 Å². The summed E-state index contributed by atoms with van der Waals surface area (Å²) >= 11 is 0. The Balaban J connectivity index is 2.13. The van der Waals surface area contributed by atoms with Crippen LogP contribution in [0.5, 0.6) is 0 Å². The van der Waals surface area contributed by atoms with Crippen LogP contribution in [0.3, 0.4) is 0 Å². The van der Waals surface area contributed by atoms with Gasteiger partial charge in [-0.3, -0.25) is 0 Å². The zero-order valence-electron chi connectivity index (χ0n) is 9.19. The maximum absolute atomic E-state index is 5.87. The summed E-state index contributed by atoms with van der Waals surface area (Å²) in [7, 11) is 0. The molecule has 0 spiro atoms. The van der Waals surface area contributed by atoms with E-state index < -0.39 is 0 Å². The third kappa shape index (κ3) is 2.19. The molecule has 1 fully saturated rings. The summed E-state index contributed by atoms with van der Waals surface area (Å²) < 4.78 is 0. The van der Waals surface area contributed by atoms with Crippen LogP contribution in [0.25, 0.3) is 0 Å². The van der Waals surface area contributed by atoms with Crippen LogP contribution in [0.4, 0.5) is 11.5 Å². The lowest BCUT2D eigenvalue weighted by atomic mass is 9.96. The number of nitrogen functional groups attached to an aromatic ring is 1. The zero-order chi connectivity index (χ0) is 10.7. The molecule has 0 bridgehead atoms. The molecule has 0 amide bonds. The second kappa shape index (κ2) is 4.47. The molecule has 2 rings (SSSR count). The third-order valence-corrected chi connectivity index (χ3v) is 3.11. The molecule has 1 aromatic rings. The van der Waals surface area contributed by atoms with Crippen LogP contribution >= 0.6 is 0 Å². The van der Waals surface area contributed by atoms with E-state index in [0.29, 0.717) is 5.69 Å². The molecule has 1 aliphatic rings. The molecular weight excluding hydrogens is 188 g/mol. The first-order valence-electron chi connectivity index (χ1n) is 5.61. The Kier molecular flexibility index (Phi) is 3.04. The summed E-state index contributed by atoms with van der Waals surface area (Å²) in [5.74, 6) is 1.69. The summed E-state index contributed by atoms with van der Waals surface area (Å²) in [6, 6.07) is 0. The van der Waals surface area contributed by atoms with E-state index in [9.17, 15) is 0 Å². The van der Waals surface area contributed by atoms with Crippen molar-refractivity contribution in [2.45, 2.75) is 26.2 Å². The highest BCUT2D eigenvalue weighted by Gasteiger charge is 2.20. The van der Waals surface area contributed by atoms with Crippen molar-refractivity contribution in [2.75, 3.05) is 23.7 Å². The van der Waals surface area contributed by atoms with Crippen molar-refractivity contribution in [3.8, 4) is 0 Å². The van der Waals surface area contributed by atoms with Crippen molar-refractivity contribution >= 4 is 11.5 Å². The number of nitrogens with zero attached hydrogens (tertiary/aromatic N) is 3. The summed E-state index contributed by atoms with van der Waals surface area (Å²) in [6.07, 6.45) is 7.06. The number of anilines is 2. The highest BCUT2D eigenvalue weighted by Crippen LogP contribution is 2.26. The van der Waals surface area contributed by atoms with Crippen molar-refractivity contribution in [2.24, 2.45) is 5.92 Å². The second-order valence-electron chi connectivity index (χ2n) is 4.16. The van der Waals surface area contributed by atoms with Crippen LogP contribution in [-0.2, 0) is 0 Å². The molecule has 1 unspecified atom stereocenters. The van der Waals surface area contributed by atoms with E-state index in [1.165, 1.54) is 19.3 Å². The van der Waals surface area contributed by atoms with Gasteiger partial charge in [0.15, 0.2) is 5.82 Å². The molecule has 1 aliphatic heterocycles. The van der Waals surface area contributed by atoms with Crippen molar-refractivity contribution < 1.29 is 0 Å². The summed E-state index contributed by atoms with van der Waals surface area (Å²) in [4.78, 5) is 10.5. The molecule has 1 saturated heterocycles. The minimum Gasteiger partial charge on any atom is -0.394 e. The molecule has 0 saturated carbocycles. The van der Waals surface area contributed by atoms with Gasteiger partial charge in [-0.1, -0.05) is 13.3 Å². The smallest absolute Gasteiger partial charge is 0.155 e. The van der Waals surface area contributed by atoms with Gasteiger partial charge in [0.25, 0.3) is 0 Å². The minimum atomic E-state index is 0.689. The molecule has 0 aromatic carbocycles. The fraction of sp³-hybridized carbons (Fsp3) is 0.636. The van der Waals surface area contributed by atoms with Crippen molar-refractivity contribution in [3.05, 3.63) is 12.5 Å². The summed E-state index contributed by atoms with van der Waals surface area (Å²) in [6.45, 7) is 4.40. The van der Waals surface area contributed by atoms with Crippen molar-refractivity contribution in [1.82, 2.24) is 9.97 Å². The summed E-state index contributed by atoms with van der Waals surface area (Å²) in [5, 5.41) is 0. The number of hydrogen-bond donors (Lipinski definition) is 1. The normalized spacial score (nSPS) is 21.7. The van der Waals surface area contributed by atoms with Gasteiger partial charge in [-0.05, 0) is 18.8 Å². The number of rotatable bonds is 2. The Morgan fingerprint density at radius 3 is 3.20 bits per heavy atom. The standard InChI is InChI=1S/C11H18N4/c1-2-9-4-3-5-15(7-9)11-10(12)6-13-8-14-11/h6,8-9H,2-5,7,12H2,1H3. The maximum Gasteiger partial charge on any atom is 0.155 e. The van der Waals surface area contributed by atoms with Gasteiger partial charge in [0.1, 0.15) is 6.33 Å². The molecule has 2 N–H and O–H groups in total. The average molecular weight is 206 g/mol. The Morgan fingerprint density at radius 1 is 1.60 bits per heavy atom. The van der Waals surface area contributed by atoms with Gasteiger partial charge in [0.2, 0.25) is 0 Å². The molecule has 4 heteroatoms. The first-order valence-corrected chi connectivity index (χ1v) is 5.61. The molecule has 82 valence electrons. The van der Waals surface area contributed by atoms with E-state index in [4.69, 9.17) is 5.73 Å². The van der Waals surface area contributed by atoms with Crippen molar-refractivity contribution in [1.29, 1.82) is 0 Å². The third-order valence-electron chi connectivity index (χ3n) is 3.11. The predicted octanol–water partition coefficient (Wildman–Crippen LogP) is 1.69. The average Bonchev–Trinajstić information content (AvgIpc) is 2.30. The van der Waals surface area contributed by atoms with E-state index in [1.807, 2.05) is 0 Å². The number of hydrogen-bond acceptors (Lipinski definition) is 4. The van der Waals surface area contributed by atoms with Crippen LogP contribution in [-0.4, -0.2) is 23.1 Å². The molecule has 0 radical (unpaired) electrons. The molecule has 1 atom stereocenters. The molecule has 2 heterocycles. The van der Waals surface area contributed by atoms with Gasteiger partial charge in [0.05, 0.1) is 11.9 Å². The van der Waals surface area contributed by atoms with Crippen molar-refractivity contribution in [3.63, 3.8) is 0 Å². The van der Waals surface area contributed by atoms with Gasteiger partial charge in [0, 0.05) is 13.1 Å². The Labute approximate surface area is 90.5 Å². The van der Waals surface area contributed by atoms with E-state index >= 15 is 0 Å². The van der Waals surface area contributed by atoms with Crippen LogP contribution in [0.1, 0.15) is 26.2 Å². The number of aromatic nitrogens is 2. The Bertz CT molecular complexity index is 326. The lowest BCUT2D eigenvalue weighted by Crippen LogP contribution is -2.36. The van der Waals surface area contributed by atoms with E-state index in [-0.39, 0.29) is 0 Å². The van der Waals surface area contributed by atoms with Crippen LogP contribution < -0.4 is 10.6 Å². The van der Waals surface area contributed by atoms with Crippen LogP contribution in [0.2, 0.25) is 0 Å². The molecule has 0 aliphatic carbocycles. The molecular formula is C11H18N4. The highest BCUT2D eigenvalue weighted by molar-refractivity contribution is 5.61. The Morgan fingerprint density at radius 2 is 2.47 bits per heavy atom. The number of piperidine rings is 1. The minimum absolute atomic E-state index is 0.689. The predicted molar refractivity (Wildman–Crippen MR) is 61.7 cm³/mol. The molecule has 4 nitrogen and oxygen atoms in total.